The number of pyridine rings is 1. The predicted octanol–water partition coefficient (Wildman–Crippen LogP) is 0.577. The molecule has 1 aliphatic rings. The highest BCUT2D eigenvalue weighted by Gasteiger charge is 2.13. The Kier molecular flexibility index (Phi) is 3.74. The minimum atomic E-state index is 0.239. The lowest BCUT2D eigenvalue weighted by Crippen LogP contribution is -2.45. The van der Waals surface area contributed by atoms with Crippen LogP contribution in [0.3, 0.4) is 0 Å². The van der Waals surface area contributed by atoms with Crippen molar-refractivity contribution >= 4 is 0 Å². The third-order valence-corrected chi connectivity index (χ3v) is 3.09. The standard InChI is InChI=1S/C12H19N3O/c1-14-6-8-15(9-7-14)5-4-11-2-3-12(16)10-13-11/h2-3,10,16H,4-9H2,1H3. The van der Waals surface area contributed by atoms with Crippen molar-refractivity contribution in [3.8, 4) is 5.75 Å². The summed E-state index contributed by atoms with van der Waals surface area (Å²) in [5, 5.41) is 9.12. The van der Waals surface area contributed by atoms with Crippen molar-refractivity contribution in [2.24, 2.45) is 0 Å². The molecule has 0 saturated carbocycles. The van der Waals surface area contributed by atoms with Gasteiger partial charge in [-0.25, -0.2) is 0 Å². The first-order valence-electron chi connectivity index (χ1n) is 5.79. The molecule has 0 atom stereocenters. The molecule has 2 heterocycles. The van der Waals surface area contributed by atoms with E-state index in [0.717, 1.165) is 44.8 Å². The monoisotopic (exact) mass is 221 g/mol. The molecule has 0 aliphatic carbocycles. The molecule has 4 heteroatoms. The number of aromatic hydroxyl groups is 1. The Morgan fingerprint density at radius 1 is 1.25 bits per heavy atom. The Morgan fingerprint density at radius 3 is 2.62 bits per heavy atom. The van der Waals surface area contributed by atoms with Gasteiger partial charge in [0, 0.05) is 44.8 Å². The summed E-state index contributed by atoms with van der Waals surface area (Å²) >= 11 is 0. The Labute approximate surface area is 96.5 Å². The summed E-state index contributed by atoms with van der Waals surface area (Å²) in [4.78, 5) is 9.01. The van der Waals surface area contributed by atoms with E-state index in [-0.39, 0.29) is 5.75 Å². The molecule has 1 saturated heterocycles. The highest BCUT2D eigenvalue weighted by atomic mass is 16.3. The Bertz CT molecular complexity index is 318. The smallest absolute Gasteiger partial charge is 0.133 e. The van der Waals surface area contributed by atoms with Crippen molar-refractivity contribution in [1.29, 1.82) is 0 Å². The van der Waals surface area contributed by atoms with E-state index < -0.39 is 0 Å². The predicted molar refractivity (Wildman–Crippen MR) is 63.5 cm³/mol. The molecule has 0 radical (unpaired) electrons. The number of likely N-dealkylation sites (N-methyl/N-ethyl adjacent to an activating group) is 1. The molecule has 0 spiro atoms. The Balaban J connectivity index is 1.77. The first kappa shape index (κ1) is 11.4. The molecule has 0 amide bonds. The second-order valence-electron chi connectivity index (χ2n) is 4.40. The van der Waals surface area contributed by atoms with Crippen molar-refractivity contribution in [2.75, 3.05) is 39.8 Å². The van der Waals surface area contributed by atoms with E-state index in [1.807, 2.05) is 6.07 Å². The third kappa shape index (κ3) is 3.18. The molecule has 88 valence electrons. The maximum Gasteiger partial charge on any atom is 0.133 e. The van der Waals surface area contributed by atoms with Gasteiger partial charge < -0.3 is 14.9 Å². The normalized spacial score (nSPS) is 18.8. The second-order valence-corrected chi connectivity index (χ2v) is 4.40. The molecule has 1 aliphatic heterocycles. The summed E-state index contributed by atoms with van der Waals surface area (Å²) in [7, 11) is 2.17. The van der Waals surface area contributed by atoms with Crippen molar-refractivity contribution in [3.63, 3.8) is 0 Å². The van der Waals surface area contributed by atoms with Gasteiger partial charge in [-0.2, -0.15) is 0 Å². The maximum atomic E-state index is 9.12. The molecular weight excluding hydrogens is 202 g/mol. The summed E-state index contributed by atoms with van der Waals surface area (Å²) in [6, 6.07) is 3.59. The fraction of sp³-hybridized carbons (Fsp3) is 0.583. The molecule has 2 rings (SSSR count). The number of aromatic nitrogens is 1. The summed E-state index contributed by atoms with van der Waals surface area (Å²) in [6.07, 6.45) is 2.48. The fourth-order valence-corrected chi connectivity index (χ4v) is 1.91. The molecule has 0 bridgehead atoms. The number of hydrogen-bond donors (Lipinski definition) is 1. The van der Waals surface area contributed by atoms with Gasteiger partial charge >= 0.3 is 0 Å². The van der Waals surface area contributed by atoms with Crippen LogP contribution in [0.1, 0.15) is 5.69 Å². The zero-order valence-electron chi connectivity index (χ0n) is 9.76. The van der Waals surface area contributed by atoms with Crippen LogP contribution in [-0.2, 0) is 6.42 Å². The van der Waals surface area contributed by atoms with E-state index in [1.165, 1.54) is 6.20 Å². The summed E-state index contributed by atoms with van der Waals surface area (Å²) in [5.74, 6) is 0.239. The van der Waals surface area contributed by atoms with Gasteiger partial charge in [0.2, 0.25) is 0 Å². The molecule has 1 aromatic heterocycles. The van der Waals surface area contributed by atoms with Gasteiger partial charge in [0.15, 0.2) is 0 Å². The van der Waals surface area contributed by atoms with Crippen LogP contribution in [0, 0.1) is 0 Å². The second kappa shape index (κ2) is 5.27. The van der Waals surface area contributed by atoms with Crippen molar-refractivity contribution < 1.29 is 5.11 Å². The van der Waals surface area contributed by atoms with Gasteiger partial charge in [0.25, 0.3) is 0 Å². The quantitative estimate of drug-likeness (QED) is 0.810. The molecule has 4 nitrogen and oxygen atoms in total. The molecule has 0 unspecified atom stereocenters. The lowest BCUT2D eigenvalue weighted by Gasteiger charge is -2.32. The van der Waals surface area contributed by atoms with Crippen LogP contribution in [0.4, 0.5) is 0 Å². The van der Waals surface area contributed by atoms with Crippen LogP contribution in [0.25, 0.3) is 0 Å². The molecule has 1 aromatic rings. The molecule has 0 aromatic carbocycles. The van der Waals surface area contributed by atoms with Crippen LogP contribution in [0.5, 0.6) is 5.75 Å². The lowest BCUT2D eigenvalue weighted by atomic mass is 10.2. The van der Waals surface area contributed by atoms with Gasteiger partial charge in [-0.15, -0.1) is 0 Å². The highest BCUT2D eigenvalue weighted by Crippen LogP contribution is 2.07. The van der Waals surface area contributed by atoms with Gasteiger partial charge in [-0.05, 0) is 19.2 Å². The van der Waals surface area contributed by atoms with Crippen LogP contribution in [0.15, 0.2) is 18.3 Å². The largest absolute Gasteiger partial charge is 0.506 e. The lowest BCUT2D eigenvalue weighted by molar-refractivity contribution is 0.155. The molecule has 1 fully saturated rings. The number of hydrogen-bond acceptors (Lipinski definition) is 4. The van der Waals surface area contributed by atoms with Gasteiger partial charge in [-0.3, -0.25) is 4.98 Å². The topological polar surface area (TPSA) is 39.6 Å². The average molecular weight is 221 g/mol. The van der Waals surface area contributed by atoms with E-state index in [0.29, 0.717) is 0 Å². The molecule has 16 heavy (non-hydrogen) atoms. The van der Waals surface area contributed by atoms with Gasteiger partial charge in [0.05, 0.1) is 6.20 Å². The van der Waals surface area contributed by atoms with Crippen molar-refractivity contribution in [2.45, 2.75) is 6.42 Å². The fourth-order valence-electron chi connectivity index (χ4n) is 1.91. The van der Waals surface area contributed by atoms with E-state index in [1.54, 1.807) is 6.07 Å². The molecular formula is C12H19N3O. The van der Waals surface area contributed by atoms with Crippen LogP contribution in [-0.4, -0.2) is 59.7 Å². The van der Waals surface area contributed by atoms with Gasteiger partial charge in [-0.1, -0.05) is 0 Å². The first-order chi connectivity index (χ1) is 7.74. The first-order valence-corrected chi connectivity index (χ1v) is 5.79. The summed E-state index contributed by atoms with van der Waals surface area (Å²) in [5.41, 5.74) is 1.05. The number of nitrogens with zero attached hydrogens (tertiary/aromatic N) is 3. The maximum absolute atomic E-state index is 9.12. The Hall–Kier alpha value is -1.13. The Morgan fingerprint density at radius 2 is 2.00 bits per heavy atom. The average Bonchev–Trinajstić information content (AvgIpc) is 2.30. The summed E-state index contributed by atoms with van der Waals surface area (Å²) in [6.45, 7) is 5.67. The van der Waals surface area contributed by atoms with Crippen LogP contribution < -0.4 is 0 Å². The van der Waals surface area contributed by atoms with Crippen LogP contribution in [0.2, 0.25) is 0 Å². The van der Waals surface area contributed by atoms with Crippen molar-refractivity contribution in [3.05, 3.63) is 24.0 Å². The van der Waals surface area contributed by atoms with Crippen LogP contribution >= 0.6 is 0 Å². The zero-order chi connectivity index (χ0) is 11.4. The summed E-state index contributed by atoms with van der Waals surface area (Å²) < 4.78 is 0. The van der Waals surface area contributed by atoms with Gasteiger partial charge in [0.1, 0.15) is 5.75 Å². The van der Waals surface area contributed by atoms with E-state index >= 15 is 0 Å². The number of piperazine rings is 1. The molecule has 1 N–H and O–H groups in total. The minimum Gasteiger partial charge on any atom is -0.506 e. The zero-order valence-corrected chi connectivity index (χ0v) is 9.76. The van der Waals surface area contributed by atoms with E-state index in [9.17, 15) is 0 Å². The van der Waals surface area contributed by atoms with E-state index in [2.05, 4.69) is 21.8 Å². The SMILES string of the molecule is CN1CCN(CCc2ccc(O)cn2)CC1. The van der Waals surface area contributed by atoms with E-state index in [4.69, 9.17) is 5.11 Å². The highest BCUT2D eigenvalue weighted by molar-refractivity contribution is 5.18. The van der Waals surface area contributed by atoms with Crippen molar-refractivity contribution in [1.82, 2.24) is 14.8 Å². The number of rotatable bonds is 3. The third-order valence-electron chi connectivity index (χ3n) is 3.09. The minimum absolute atomic E-state index is 0.239.